The zero-order valence-electron chi connectivity index (χ0n) is 14.4. The molecule has 7 heteroatoms. The van der Waals surface area contributed by atoms with Crippen LogP contribution in [0.1, 0.15) is 47.6 Å². The van der Waals surface area contributed by atoms with Crippen LogP contribution in [-0.4, -0.2) is 50.1 Å². The fourth-order valence-electron chi connectivity index (χ4n) is 3.01. The lowest BCUT2D eigenvalue weighted by molar-refractivity contribution is 0.0628. The number of rotatable bonds is 5. The molecular formula is C17H23N5O2. The Balaban J connectivity index is 1.76. The number of carbonyl (C=O) groups is 1. The van der Waals surface area contributed by atoms with Gasteiger partial charge in [0.1, 0.15) is 11.5 Å². The Morgan fingerprint density at radius 1 is 1.25 bits per heavy atom. The van der Waals surface area contributed by atoms with Crippen molar-refractivity contribution >= 4 is 5.91 Å². The van der Waals surface area contributed by atoms with Gasteiger partial charge in [0.05, 0.1) is 24.5 Å². The number of aryl methyl sites for hydroxylation is 1. The van der Waals surface area contributed by atoms with Crippen LogP contribution in [0.3, 0.4) is 0 Å². The van der Waals surface area contributed by atoms with Crippen molar-refractivity contribution in [2.24, 2.45) is 0 Å². The van der Waals surface area contributed by atoms with Gasteiger partial charge in [0.15, 0.2) is 0 Å². The summed E-state index contributed by atoms with van der Waals surface area (Å²) in [4.78, 5) is 27.4. The second kappa shape index (κ2) is 7.09. The smallest absolute Gasteiger partial charge is 0.274 e. The van der Waals surface area contributed by atoms with E-state index < -0.39 is 0 Å². The van der Waals surface area contributed by atoms with Crippen LogP contribution in [0.2, 0.25) is 0 Å². The SMILES string of the molecule is CCOCCc1cnc2n1CCN(C(=O)c1cnc(C)cn1)[C@@H]2C. The molecule has 0 aromatic carbocycles. The highest BCUT2D eigenvalue weighted by Gasteiger charge is 2.31. The monoisotopic (exact) mass is 329 g/mol. The summed E-state index contributed by atoms with van der Waals surface area (Å²) in [5.41, 5.74) is 2.34. The van der Waals surface area contributed by atoms with Crippen molar-refractivity contribution in [3.8, 4) is 0 Å². The van der Waals surface area contributed by atoms with Crippen LogP contribution in [0.4, 0.5) is 0 Å². The fourth-order valence-corrected chi connectivity index (χ4v) is 3.01. The van der Waals surface area contributed by atoms with Gasteiger partial charge in [-0.2, -0.15) is 0 Å². The van der Waals surface area contributed by atoms with Crippen LogP contribution in [-0.2, 0) is 17.7 Å². The predicted octanol–water partition coefficient (Wildman–Crippen LogP) is 1.78. The molecule has 1 aliphatic heterocycles. The maximum Gasteiger partial charge on any atom is 0.274 e. The Bertz CT molecular complexity index is 710. The molecule has 2 aromatic rings. The minimum absolute atomic E-state index is 0.0878. The van der Waals surface area contributed by atoms with E-state index >= 15 is 0 Å². The minimum atomic E-state index is -0.0971. The molecule has 0 spiro atoms. The van der Waals surface area contributed by atoms with Gasteiger partial charge >= 0.3 is 0 Å². The standard InChI is InChI=1S/C17H23N5O2/c1-4-24-8-5-14-10-20-16-13(3)21(6-7-22(14)16)17(23)15-11-18-12(2)9-19-15/h9-11,13H,4-8H2,1-3H3/t13-/m1/s1. The summed E-state index contributed by atoms with van der Waals surface area (Å²) in [5, 5.41) is 0. The first-order valence-electron chi connectivity index (χ1n) is 8.33. The molecule has 0 fully saturated rings. The fraction of sp³-hybridized carbons (Fsp3) is 0.529. The lowest BCUT2D eigenvalue weighted by Gasteiger charge is -2.34. The number of ether oxygens (including phenoxy) is 1. The highest BCUT2D eigenvalue weighted by Crippen LogP contribution is 2.26. The van der Waals surface area contributed by atoms with Gasteiger partial charge in [0.25, 0.3) is 5.91 Å². The summed E-state index contributed by atoms with van der Waals surface area (Å²) in [6.45, 7) is 8.64. The van der Waals surface area contributed by atoms with Gasteiger partial charge in [0, 0.05) is 44.2 Å². The molecule has 0 saturated heterocycles. The molecule has 3 rings (SSSR count). The predicted molar refractivity (Wildman–Crippen MR) is 88.6 cm³/mol. The Hall–Kier alpha value is -2.28. The van der Waals surface area contributed by atoms with E-state index in [2.05, 4.69) is 19.5 Å². The minimum Gasteiger partial charge on any atom is -0.381 e. The number of aromatic nitrogens is 4. The van der Waals surface area contributed by atoms with Gasteiger partial charge in [-0.3, -0.25) is 9.78 Å². The lowest BCUT2D eigenvalue weighted by Crippen LogP contribution is -2.42. The molecule has 1 atom stereocenters. The number of nitrogens with zero attached hydrogens (tertiary/aromatic N) is 5. The van der Waals surface area contributed by atoms with E-state index in [4.69, 9.17) is 4.74 Å². The molecule has 0 bridgehead atoms. The maximum atomic E-state index is 12.7. The van der Waals surface area contributed by atoms with Crippen molar-refractivity contribution in [2.45, 2.75) is 39.8 Å². The Kier molecular flexibility index (Phi) is 4.89. The van der Waals surface area contributed by atoms with Crippen LogP contribution < -0.4 is 0 Å². The Labute approximate surface area is 141 Å². The summed E-state index contributed by atoms with van der Waals surface area (Å²) < 4.78 is 7.63. The average molecular weight is 329 g/mol. The first-order valence-corrected chi connectivity index (χ1v) is 8.33. The molecule has 1 amide bonds. The van der Waals surface area contributed by atoms with E-state index in [1.807, 2.05) is 31.9 Å². The molecular weight excluding hydrogens is 306 g/mol. The maximum absolute atomic E-state index is 12.7. The first-order chi connectivity index (χ1) is 11.6. The van der Waals surface area contributed by atoms with Crippen LogP contribution >= 0.6 is 0 Å². The summed E-state index contributed by atoms with van der Waals surface area (Å²) >= 11 is 0. The second-order valence-corrected chi connectivity index (χ2v) is 5.92. The molecule has 128 valence electrons. The third-order valence-electron chi connectivity index (χ3n) is 4.34. The van der Waals surface area contributed by atoms with E-state index in [-0.39, 0.29) is 11.9 Å². The van der Waals surface area contributed by atoms with Crippen molar-refractivity contribution in [1.29, 1.82) is 0 Å². The van der Waals surface area contributed by atoms with E-state index in [9.17, 15) is 4.79 Å². The molecule has 0 N–H and O–H groups in total. The van der Waals surface area contributed by atoms with Crippen molar-refractivity contribution in [2.75, 3.05) is 19.8 Å². The van der Waals surface area contributed by atoms with Gasteiger partial charge in [-0.25, -0.2) is 9.97 Å². The first kappa shape index (κ1) is 16.6. The van der Waals surface area contributed by atoms with E-state index in [1.165, 1.54) is 0 Å². The molecule has 7 nitrogen and oxygen atoms in total. The van der Waals surface area contributed by atoms with Crippen LogP contribution in [0.15, 0.2) is 18.6 Å². The van der Waals surface area contributed by atoms with Crippen molar-refractivity contribution in [3.63, 3.8) is 0 Å². The Morgan fingerprint density at radius 2 is 2.08 bits per heavy atom. The zero-order chi connectivity index (χ0) is 17.1. The van der Waals surface area contributed by atoms with E-state index in [0.717, 1.165) is 36.8 Å². The lowest BCUT2D eigenvalue weighted by atomic mass is 10.2. The molecule has 1 aliphatic rings. The van der Waals surface area contributed by atoms with Crippen LogP contribution in [0, 0.1) is 6.92 Å². The average Bonchev–Trinajstić information content (AvgIpc) is 3.00. The summed E-state index contributed by atoms with van der Waals surface area (Å²) in [6.07, 6.45) is 5.89. The highest BCUT2D eigenvalue weighted by atomic mass is 16.5. The van der Waals surface area contributed by atoms with Crippen molar-refractivity contribution < 1.29 is 9.53 Å². The quantitative estimate of drug-likeness (QED) is 0.782. The van der Waals surface area contributed by atoms with Gasteiger partial charge < -0.3 is 14.2 Å². The number of hydrogen-bond donors (Lipinski definition) is 0. The third-order valence-corrected chi connectivity index (χ3v) is 4.34. The number of hydrogen-bond acceptors (Lipinski definition) is 5. The molecule has 24 heavy (non-hydrogen) atoms. The highest BCUT2D eigenvalue weighted by molar-refractivity contribution is 5.92. The zero-order valence-corrected chi connectivity index (χ0v) is 14.4. The number of carbonyl (C=O) groups excluding carboxylic acids is 1. The number of fused-ring (bicyclic) bond motifs is 1. The van der Waals surface area contributed by atoms with Gasteiger partial charge in [-0.1, -0.05) is 0 Å². The summed E-state index contributed by atoms with van der Waals surface area (Å²) in [5.74, 6) is 0.821. The van der Waals surface area contributed by atoms with Gasteiger partial charge in [-0.15, -0.1) is 0 Å². The number of imidazole rings is 1. The number of amides is 1. The van der Waals surface area contributed by atoms with Crippen LogP contribution in [0.5, 0.6) is 0 Å². The summed E-state index contributed by atoms with van der Waals surface area (Å²) in [7, 11) is 0. The molecule has 0 radical (unpaired) electrons. The molecule has 0 saturated carbocycles. The van der Waals surface area contributed by atoms with E-state index in [0.29, 0.717) is 18.8 Å². The molecule has 2 aromatic heterocycles. The van der Waals surface area contributed by atoms with Gasteiger partial charge in [-0.05, 0) is 20.8 Å². The van der Waals surface area contributed by atoms with Crippen LogP contribution in [0.25, 0.3) is 0 Å². The van der Waals surface area contributed by atoms with Crippen molar-refractivity contribution in [1.82, 2.24) is 24.4 Å². The Morgan fingerprint density at radius 3 is 2.79 bits per heavy atom. The molecule has 0 aliphatic carbocycles. The van der Waals surface area contributed by atoms with Gasteiger partial charge in [0.2, 0.25) is 0 Å². The van der Waals surface area contributed by atoms with E-state index in [1.54, 1.807) is 12.4 Å². The summed E-state index contributed by atoms with van der Waals surface area (Å²) in [6, 6.07) is -0.0878. The molecule has 0 unspecified atom stereocenters. The molecule has 3 heterocycles. The topological polar surface area (TPSA) is 73.1 Å². The normalized spacial score (nSPS) is 17.0. The van der Waals surface area contributed by atoms with Crippen molar-refractivity contribution in [3.05, 3.63) is 41.5 Å². The largest absolute Gasteiger partial charge is 0.381 e. The second-order valence-electron chi connectivity index (χ2n) is 5.92. The third kappa shape index (κ3) is 3.17.